The minimum atomic E-state index is -0.460. The number of allylic oxidation sites excluding steroid dienone is 2. The Kier molecular flexibility index (Phi) is 7.18. The lowest BCUT2D eigenvalue weighted by atomic mass is 9.79. The second kappa shape index (κ2) is 10.2. The van der Waals surface area contributed by atoms with Gasteiger partial charge in [0, 0.05) is 5.92 Å². The molecule has 154 valence electrons. The van der Waals surface area contributed by atoms with Gasteiger partial charge in [0.25, 0.3) is 0 Å². The maximum atomic E-state index is 11.0. The molecule has 2 aromatic rings. The maximum absolute atomic E-state index is 11.0. The number of aliphatic hydroxyl groups is 1. The smallest absolute Gasteiger partial charge is 0.0856 e. The average Bonchev–Trinajstić information content (AvgIpc) is 2.80. The highest BCUT2D eigenvalue weighted by atomic mass is 16.5. The molecule has 4 atom stereocenters. The third-order valence-electron chi connectivity index (χ3n) is 6.74. The van der Waals surface area contributed by atoms with E-state index in [4.69, 9.17) is 4.74 Å². The van der Waals surface area contributed by atoms with Gasteiger partial charge in [-0.1, -0.05) is 92.1 Å². The van der Waals surface area contributed by atoms with Crippen LogP contribution in [0.3, 0.4) is 0 Å². The van der Waals surface area contributed by atoms with Crippen LogP contribution in [-0.4, -0.2) is 11.7 Å². The van der Waals surface area contributed by atoms with Gasteiger partial charge in [0.15, 0.2) is 0 Å². The average molecular weight is 391 g/mol. The van der Waals surface area contributed by atoms with Gasteiger partial charge in [-0.15, -0.1) is 0 Å². The summed E-state index contributed by atoms with van der Waals surface area (Å²) < 4.78 is 6.38. The summed E-state index contributed by atoms with van der Waals surface area (Å²) in [4.78, 5) is 0. The molecule has 2 aliphatic rings. The molecule has 4 rings (SSSR count). The Balaban J connectivity index is 1.46. The van der Waals surface area contributed by atoms with Crippen LogP contribution in [0.15, 0.2) is 72.8 Å². The van der Waals surface area contributed by atoms with Gasteiger partial charge in [0.1, 0.15) is 0 Å². The Hall–Kier alpha value is -1.90. The third kappa shape index (κ3) is 5.38. The summed E-state index contributed by atoms with van der Waals surface area (Å²) in [5, 5.41) is 11.0. The van der Waals surface area contributed by atoms with E-state index in [9.17, 15) is 5.11 Å². The molecule has 1 aliphatic carbocycles. The molecular formula is C27H34O2. The van der Waals surface area contributed by atoms with Crippen LogP contribution < -0.4 is 0 Å². The van der Waals surface area contributed by atoms with Crippen molar-refractivity contribution >= 4 is 0 Å². The maximum Gasteiger partial charge on any atom is 0.0856 e. The van der Waals surface area contributed by atoms with Crippen molar-refractivity contribution in [3.63, 3.8) is 0 Å². The summed E-state index contributed by atoms with van der Waals surface area (Å²) in [6.45, 7) is 0.610. The third-order valence-corrected chi connectivity index (χ3v) is 6.74. The Morgan fingerprint density at radius 3 is 2.34 bits per heavy atom. The van der Waals surface area contributed by atoms with Crippen molar-refractivity contribution in [2.45, 2.75) is 57.2 Å². The van der Waals surface area contributed by atoms with Gasteiger partial charge in [-0.25, -0.2) is 0 Å². The predicted octanol–water partition coefficient (Wildman–Crippen LogP) is 6.64. The summed E-state index contributed by atoms with van der Waals surface area (Å²) in [6, 6.07) is 20.6. The van der Waals surface area contributed by atoms with Crippen molar-refractivity contribution in [2.24, 2.45) is 17.8 Å². The van der Waals surface area contributed by atoms with Crippen LogP contribution in [0.4, 0.5) is 0 Å². The molecule has 1 heterocycles. The molecule has 2 aromatic carbocycles. The first-order chi connectivity index (χ1) is 14.3. The minimum Gasteiger partial charge on any atom is -0.388 e. The predicted molar refractivity (Wildman–Crippen MR) is 118 cm³/mol. The van der Waals surface area contributed by atoms with Crippen LogP contribution in [0.5, 0.6) is 0 Å². The van der Waals surface area contributed by atoms with Crippen molar-refractivity contribution in [3.05, 3.63) is 83.9 Å². The monoisotopic (exact) mass is 390 g/mol. The number of rotatable bonds is 6. The van der Waals surface area contributed by atoms with Gasteiger partial charge in [-0.3, -0.25) is 0 Å². The molecule has 29 heavy (non-hydrogen) atoms. The number of hydrogen-bond acceptors (Lipinski definition) is 2. The van der Waals surface area contributed by atoms with E-state index >= 15 is 0 Å². The SMILES string of the molecule is O[C@@H](c1ccccc1)[C@H]1CO[C@H](c2ccccc2)[C@@H](C/C=C/C2CCCCC2)C1. The number of ether oxygens (including phenoxy) is 1. The van der Waals surface area contributed by atoms with E-state index in [1.54, 1.807) is 0 Å². The Labute approximate surface area is 175 Å². The lowest BCUT2D eigenvalue weighted by Gasteiger charge is -2.38. The zero-order valence-corrected chi connectivity index (χ0v) is 17.3. The van der Waals surface area contributed by atoms with E-state index in [0.29, 0.717) is 12.5 Å². The first-order valence-electron chi connectivity index (χ1n) is 11.4. The normalized spacial score (nSPS) is 27.1. The van der Waals surface area contributed by atoms with Crippen molar-refractivity contribution in [2.75, 3.05) is 6.61 Å². The second-order valence-corrected chi connectivity index (χ2v) is 8.84. The summed E-state index contributed by atoms with van der Waals surface area (Å²) in [6.07, 6.45) is 13.4. The van der Waals surface area contributed by atoms with Crippen LogP contribution >= 0.6 is 0 Å². The molecule has 0 radical (unpaired) electrons. The van der Waals surface area contributed by atoms with E-state index in [1.807, 2.05) is 30.3 Å². The molecule has 1 N–H and O–H groups in total. The van der Waals surface area contributed by atoms with E-state index in [2.05, 4.69) is 42.5 Å². The molecule has 0 bridgehead atoms. The number of hydrogen-bond donors (Lipinski definition) is 1. The molecule has 1 saturated carbocycles. The molecule has 1 saturated heterocycles. The van der Waals surface area contributed by atoms with Gasteiger partial charge in [0.05, 0.1) is 18.8 Å². The lowest BCUT2D eigenvalue weighted by molar-refractivity contribution is -0.0901. The highest BCUT2D eigenvalue weighted by Gasteiger charge is 2.35. The minimum absolute atomic E-state index is 0.117. The van der Waals surface area contributed by atoms with Gasteiger partial charge < -0.3 is 9.84 Å². The van der Waals surface area contributed by atoms with E-state index in [1.165, 1.54) is 37.7 Å². The Morgan fingerprint density at radius 2 is 1.62 bits per heavy atom. The highest BCUT2D eigenvalue weighted by molar-refractivity contribution is 5.21. The van der Waals surface area contributed by atoms with Crippen LogP contribution in [0.2, 0.25) is 0 Å². The topological polar surface area (TPSA) is 29.5 Å². The summed E-state index contributed by atoms with van der Waals surface area (Å²) >= 11 is 0. The van der Waals surface area contributed by atoms with Crippen molar-refractivity contribution in [1.82, 2.24) is 0 Å². The van der Waals surface area contributed by atoms with Gasteiger partial charge >= 0.3 is 0 Å². The van der Waals surface area contributed by atoms with Crippen molar-refractivity contribution < 1.29 is 9.84 Å². The molecule has 0 aromatic heterocycles. The van der Waals surface area contributed by atoms with Gasteiger partial charge in [0.2, 0.25) is 0 Å². The zero-order valence-electron chi connectivity index (χ0n) is 17.3. The fourth-order valence-electron chi connectivity index (χ4n) is 5.09. The molecule has 2 nitrogen and oxygen atoms in total. The van der Waals surface area contributed by atoms with E-state index in [-0.39, 0.29) is 12.0 Å². The van der Waals surface area contributed by atoms with Gasteiger partial charge in [-0.2, -0.15) is 0 Å². The molecule has 0 amide bonds. The van der Waals surface area contributed by atoms with Crippen LogP contribution in [0.1, 0.15) is 68.3 Å². The first-order valence-corrected chi connectivity index (χ1v) is 11.4. The fourth-order valence-corrected chi connectivity index (χ4v) is 5.09. The summed E-state index contributed by atoms with van der Waals surface area (Å²) in [5.74, 6) is 1.30. The number of benzene rings is 2. The van der Waals surface area contributed by atoms with Crippen LogP contribution in [0, 0.1) is 17.8 Å². The highest BCUT2D eigenvalue weighted by Crippen LogP contribution is 2.42. The van der Waals surface area contributed by atoms with Crippen LogP contribution in [0.25, 0.3) is 0 Å². The number of aliphatic hydroxyl groups excluding tert-OH is 1. The van der Waals surface area contributed by atoms with Crippen molar-refractivity contribution in [1.29, 1.82) is 0 Å². The Morgan fingerprint density at radius 1 is 0.931 bits per heavy atom. The zero-order chi connectivity index (χ0) is 19.9. The largest absolute Gasteiger partial charge is 0.388 e. The lowest BCUT2D eigenvalue weighted by Crippen LogP contribution is -2.32. The quantitative estimate of drug-likeness (QED) is 0.560. The fraction of sp³-hybridized carbons (Fsp3) is 0.481. The standard InChI is InChI=1S/C27H34O2/c28-26(22-14-6-2-7-15-22)25-19-24(18-10-13-21-11-4-1-5-12-21)27(29-20-25)23-16-8-3-9-17-23/h2-3,6-10,13-17,21,24-28H,1,4-5,11-12,18-20H2/b13-10+/t24-,25+,26-,27+/m0/s1. The first kappa shape index (κ1) is 20.4. The molecule has 0 spiro atoms. The summed E-state index contributed by atoms with van der Waals surface area (Å²) in [7, 11) is 0. The van der Waals surface area contributed by atoms with Gasteiger partial charge in [-0.05, 0) is 48.6 Å². The molecule has 2 fully saturated rings. The Bertz CT molecular complexity index is 749. The van der Waals surface area contributed by atoms with Crippen LogP contribution in [-0.2, 0) is 4.74 Å². The molecular weight excluding hydrogens is 356 g/mol. The van der Waals surface area contributed by atoms with Crippen molar-refractivity contribution in [3.8, 4) is 0 Å². The second-order valence-electron chi connectivity index (χ2n) is 8.84. The van der Waals surface area contributed by atoms with E-state index in [0.717, 1.165) is 24.3 Å². The molecule has 0 unspecified atom stereocenters. The van der Waals surface area contributed by atoms with E-state index < -0.39 is 6.10 Å². The summed E-state index contributed by atoms with van der Waals surface area (Å²) in [5.41, 5.74) is 2.26. The molecule has 2 heteroatoms. The molecule has 1 aliphatic heterocycles.